The first-order chi connectivity index (χ1) is 18.7. The van der Waals surface area contributed by atoms with Crippen LogP contribution in [0.5, 0.6) is 5.75 Å². The smallest absolute Gasteiger partial charge is 0.264 e. The van der Waals surface area contributed by atoms with Gasteiger partial charge in [0.1, 0.15) is 12.3 Å². The topological polar surface area (TPSA) is 92.8 Å². The quantitative estimate of drug-likeness (QED) is 0.235. The summed E-state index contributed by atoms with van der Waals surface area (Å²) in [4.78, 5) is 26.5. The maximum atomic E-state index is 13.7. The van der Waals surface area contributed by atoms with Crippen molar-refractivity contribution in [1.29, 1.82) is 0 Å². The van der Waals surface area contributed by atoms with Crippen LogP contribution in [-0.2, 0) is 14.8 Å². The third kappa shape index (κ3) is 6.66. The van der Waals surface area contributed by atoms with Crippen LogP contribution in [0, 0.1) is 6.92 Å². The number of rotatable bonds is 10. The number of halogens is 1. The summed E-state index contributed by atoms with van der Waals surface area (Å²) in [5.41, 5.74) is 2.10. The summed E-state index contributed by atoms with van der Waals surface area (Å²) in [6.45, 7) is 3.64. The molecule has 4 aromatic rings. The lowest BCUT2D eigenvalue weighted by atomic mass is 10.0. The highest BCUT2D eigenvalue weighted by Crippen LogP contribution is 2.27. The minimum atomic E-state index is -4.13. The molecule has 0 radical (unpaired) electrons. The van der Waals surface area contributed by atoms with Gasteiger partial charge in [-0.3, -0.25) is 13.9 Å². The van der Waals surface area contributed by atoms with E-state index in [9.17, 15) is 18.0 Å². The van der Waals surface area contributed by atoms with Crippen molar-refractivity contribution in [3.63, 3.8) is 0 Å². The number of anilines is 2. The third-order valence-electron chi connectivity index (χ3n) is 5.87. The van der Waals surface area contributed by atoms with Crippen molar-refractivity contribution in [3.05, 3.63) is 119 Å². The number of amides is 1. The fourth-order valence-corrected chi connectivity index (χ4v) is 5.50. The van der Waals surface area contributed by atoms with E-state index in [1.807, 2.05) is 13.8 Å². The Morgan fingerprint density at radius 1 is 0.897 bits per heavy atom. The summed E-state index contributed by atoms with van der Waals surface area (Å²) in [6, 6.07) is 26.0. The van der Waals surface area contributed by atoms with Gasteiger partial charge in [0.2, 0.25) is 5.91 Å². The van der Waals surface area contributed by atoms with Gasteiger partial charge in [-0.1, -0.05) is 59.6 Å². The second-order valence-electron chi connectivity index (χ2n) is 8.68. The molecule has 0 spiro atoms. The highest BCUT2D eigenvalue weighted by Gasteiger charge is 2.28. The average Bonchev–Trinajstić information content (AvgIpc) is 2.94. The van der Waals surface area contributed by atoms with E-state index in [0.29, 0.717) is 28.6 Å². The molecule has 7 nitrogen and oxygen atoms in total. The van der Waals surface area contributed by atoms with E-state index in [-0.39, 0.29) is 21.9 Å². The molecule has 0 bridgehead atoms. The van der Waals surface area contributed by atoms with E-state index in [0.717, 1.165) is 9.87 Å². The summed E-state index contributed by atoms with van der Waals surface area (Å²) in [5.74, 6) is -0.422. The number of benzene rings is 4. The molecule has 1 amide bonds. The molecule has 4 rings (SSSR count). The lowest BCUT2D eigenvalue weighted by Gasteiger charge is -2.24. The second-order valence-corrected chi connectivity index (χ2v) is 11.0. The Morgan fingerprint density at radius 3 is 2.21 bits per heavy atom. The SMILES string of the molecule is CCOc1ccc(S(=O)(=O)N(CC(=O)Nc2ccc(Cl)cc2C(=O)c2ccccc2)c2ccc(C)cc2)cc1. The molecular formula is C30H27ClN2O5S. The largest absolute Gasteiger partial charge is 0.494 e. The molecule has 39 heavy (non-hydrogen) atoms. The number of hydrogen-bond donors (Lipinski definition) is 1. The first kappa shape index (κ1) is 27.9. The Balaban J connectivity index is 1.65. The lowest BCUT2D eigenvalue weighted by Crippen LogP contribution is -2.38. The molecule has 0 heterocycles. The molecule has 0 aliphatic carbocycles. The van der Waals surface area contributed by atoms with Crippen molar-refractivity contribution < 1.29 is 22.7 Å². The van der Waals surface area contributed by atoms with Crippen LogP contribution in [0.1, 0.15) is 28.4 Å². The fourth-order valence-electron chi connectivity index (χ4n) is 3.91. The summed E-state index contributed by atoms with van der Waals surface area (Å²) in [5, 5.41) is 3.03. The summed E-state index contributed by atoms with van der Waals surface area (Å²) < 4.78 is 33.9. The molecule has 1 N–H and O–H groups in total. The highest BCUT2D eigenvalue weighted by molar-refractivity contribution is 7.92. The maximum absolute atomic E-state index is 13.7. The normalized spacial score (nSPS) is 11.1. The van der Waals surface area contributed by atoms with Crippen LogP contribution in [0.15, 0.2) is 102 Å². The zero-order valence-corrected chi connectivity index (χ0v) is 23.0. The summed E-state index contributed by atoms with van der Waals surface area (Å²) >= 11 is 6.16. The Labute approximate surface area is 233 Å². The summed E-state index contributed by atoms with van der Waals surface area (Å²) in [6.07, 6.45) is 0. The number of sulfonamides is 1. The Kier molecular flexibility index (Phi) is 8.69. The monoisotopic (exact) mass is 562 g/mol. The van der Waals surface area contributed by atoms with E-state index in [2.05, 4.69) is 5.32 Å². The maximum Gasteiger partial charge on any atom is 0.264 e. The predicted molar refractivity (Wildman–Crippen MR) is 153 cm³/mol. The number of ether oxygens (including phenoxy) is 1. The average molecular weight is 563 g/mol. The van der Waals surface area contributed by atoms with Crippen LogP contribution < -0.4 is 14.4 Å². The Morgan fingerprint density at radius 2 is 1.56 bits per heavy atom. The molecule has 0 aliphatic rings. The van der Waals surface area contributed by atoms with Gasteiger partial charge in [0, 0.05) is 16.1 Å². The highest BCUT2D eigenvalue weighted by atomic mass is 35.5. The molecule has 0 saturated heterocycles. The Hall–Kier alpha value is -4.14. The number of nitrogens with zero attached hydrogens (tertiary/aromatic N) is 1. The van der Waals surface area contributed by atoms with Crippen LogP contribution in [0.25, 0.3) is 0 Å². The zero-order chi connectivity index (χ0) is 28.0. The second kappa shape index (κ2) is 12.1. The van der Waals surface area contributed by atoms with Crippen LogP contribution >= 0.6 is 11.6 Å². The first-order valence-corrected chi connectivity index (χ1v) is 14.0. The standard InChI is InChI=1S/C30H27ClN2O5S/c1-3-38-25-14-16-26(17-15-25)39(36,37)33(24-12-9-21(2)10-13-24)20-29(34)32-28-18-11-23(31)19-27(28)30(35)22-7-5-4-6-8-22/h4-19H,3,20H2,1-2H3,(H,32,34). The summed E-state index contributed by atoms with van der Waals surface area (Å²) in [7, 11) is -4.13. The molecule has 4 aromatic carbocycles. The van der Waals surface area contributed by atoms with Crippen LogP contribution in [0.4, 0.5) is 11.4 Å². The zero-order valence-electron chi connectivity index (χ0n) is 21.4. The number of ketones is 1. The minimum absolute atomic E-state index is 0.00534. The van der Waals surface area contributed by atoms with E-state index >= 15 is 0 Å². The third-order valence-corrected chi connectivity index (χ3v) is 7.89. The van der Waals surface area contributed by atoms with Gasteiger partial charge in [-0.2, -0.15) is 0 Å². The van der Waals surface area contributed by atoms with Gasteiger partial charge >= 0.3 is 0 Å². The molecule has 0 unspecified atom stereocenters. The molecule has 0 fully saturated rings. The van der Waals surface area contributed by atoms with E-state index < -0.39 is 22.5 Å². The van der Waals surface area contributed by atoms with E-state index in [1.165, 1.54) is 24.3 Å². The van der Waals surface area contributed by atoms with Crippen molar-refractivity contribution in [3.8, 4) is 5.75 Å². The van der Waals surface area contributed by atoms with Crippen molar-refractivity contribution in [1.82, 2.24) is 0 Å². The Bertz CT molecular complexity index is 1570. The molecular weight excluding hydrogens is 536 g/mol. The predicted octanol–water partition coefficient (Wildman–Crippen LogP) is 6.11. The molecule has 9 heteroatoms. The number of hydrogen-bond acceptors (Lipinski definition) is 5. The van der Waals surface area contributed by atoms with Gasteiger partial charge < -0.3 is 10.1 Å². The van der Waals surface area contributed by atoms with Gasteiger partial charge in [-0.05, 0) is 68.4 Å². The van der Waals surface area contributed by atoms with Gasteiger partial charge in [-0.15, -0.1) is 0 Å². The molecule has 0 aliphatic heterocycles. The lowest BCUT2D eigenvalue weighted by molar-refractivity contribution is -0.114. The fraction of sp³-hybridized carbons (Fsp3) is 0.133. The molecule has 200 valence electrons. The van der Waals surface area contributed by atoms with E-state index in [4.69, 9.17) is 16.3 Å². The van der Waals surface area contributed by atoms with Gasteiger partial charge in [0.25, 0.3) is 10.0 Å². The molecule has 0 saturated carbocycles. The number of carbonyl (C=O) groups is 2. The van der Waals surface area contributed by atoms with Crippen LogP contribution in [0.2, 0.25) is 5.02 Å². The van der Waals surface area contributed by atoms with Gasteiger partial charge in [0.15, 0.2) is 5.78 Å². The first-order valence-electron chi connectivity index (χ1n) is 12.2. The van der Waals surface area contributed by atoms with Crippen molar-refractivity contribution in [2.45, 2.75) is 18.7 Å². The van der Waals surface area contributed by atoms with Crippen molar-refractivity contribution >= 4 is 44.7 Å². The van der Waals surface area contributed by atoms with Gasteiger partial charge in [-0.25, -0.2) is 8.42 Å². The molecule has 0 aromatic heterocycles. The van der Waals surface area contributed by atoms with Crippen LogP contribution in [0.3, 0.4) is 0 Å². The van der Waals surface area contributed by atoms with Crippen molar-refractivity contribution in [2.75, 3.05) is 22.8 Å². The number of aryl methyl sites for hydroxylation is 1. The van der Waals surface area contributed by atoms with E-state index in [1.54, 1.807) is 72.8 Å². The minimum Gasteiger partial charge on any atom is -0.494 e. The van der Waals surface area contributed by atoms with Gasteiger partial charge in [0.05, 0.1) is 22.9 Å². The van der Waals surface area contributed by atoms with Crippen molar-refractivity contribution in [2.24, 2.45) is 0 Å². The van der Waals surface area contributed by atoms with Crippen LogP contribution in [-0.4, -0.2) is 33.3 Å². The number of nitrogens with one attached hydrogen (secondary N) is 1. The number of carbonyl (C=O) groups excluding carboxylic acids is 2. The molecule has 0 atom stereocenters.